The highest BCUT2D eigenvalue weighted by Crippen LogP contribution is 2.61. The number of benzene rings is 4. The number of carbonyl (C=O) groups is 1. The highest BCUT2D eigenvalue weighted by atomic mass is 31.2. The van der Waals surface area contributed by atoms with Gasteiger partial charge in [-0.1, -0.05) is 103 Å². The molecule has 4 heterocycles. The Labute approximate surface area is 322 Å². The summed E-state index contributed by atoms with van der Waals surface area (Å²) in [5, 5.41) is 2.59. The first-order chi connectivity index (χ1) is 26.8. The van der Waals surface area contributed by atoms with Crippen molar-refractivity contribution in [1.82, 2.24) is 14.2 Å². The standard InChI is InChI=1S/C43H45N4O7P/c1-29-16-18-33(19-17-29)43(32-13-8-5-9-14-32,34-20-22-35(50-3)23-21-34)51-28-38-37(27-40(52-38)46-26-24-39(44-30(2)48)45-42(46)49)53-55-47-25-10-15-36(47)41(54-55)31-11-6-4-7-12-31/h4-9,11-14,16-24,26,36-38,40-41H,10,15,25,27-28H2,1-3H3,(H,44,45,48,49)/t36-,37?,38?,40?,41+,43?,55?/m0/s1. The van der Waals surface area contributed by atoms with Gasteiger partial charge in [-0.3, -0.25) is 9.36 Å². The number of aromatic nitrogens is 2. The molecule has 3 saturated heterocycles. The summed E-state index contributed by atoms with van der Waals surface area (Å²) in [7, 11) is 0.210. The van der Waals surface area contributed by atoms with Crippen LogP contribution in [0.5, 0.6) is 5.75 Å². The fraction of sp³-hybridized carbons (Fsp3) is 0.326. The molecule has 284 valence electrons. The van der Waals surface area contributed by atoms with E-state index in [1.807, 2.05) is 60.7 Å². The van der Waals surface area contributed by atoms with E-state index < -0.39 is 38.3 Å². The number of amides is 1. The molecule has 0 aliphatic carbocycles. The van der Waals surface area contributed by atoms with E-state index >= 15 is 0 Å². The normalized spacial score (nSPS) is 24.6. The van der Waals surface area contributed by atoms with E-state index in [1.165, 1.54) is 11.5 Å². The molecule has 55 heavy (non-hydrogen) atoms. The van der Waals surface area contributed by atoms with Crippen molar-refractivity contribution >= 4 is 20.3 Å². The number of fused-ring (bicyclic) bond motifs is 1. The Morgan fingerprint density at radius 3 is 2.27 bits per heavy atom. The second-order valence-electron chi connectivity index (χ2n) is 14.2. The van der Waals surface area contributed by atoms with E-state index in [0.29, 0.717) is 6.42 Å². The minimum atomic E-state index is -1.44. The van der Waals surface area contributed by atoms with Crippen molar-refractivity contribution in [2.75, 3.05) is 25.6 Å². The Morgan fingerprint density at radius 2 is 1.60 bits per heavy atom. The van der Waals surface area contributed by atoms with E-state index in [2.05, 4.69) is 70.4 Å². The molecule has 3 fully saturated rings. The molecule has 0 spiro atoms. The van der Waals surface area contributed by atoms with E-state index in [-0.39, 0.29) is 30.5 Å². The van der Waals surface area contributed by atoms with Crippen molar-refractivity contribution in [2.45, 2.75) is 69.3 Å². The number of carbonyl (C=O) groups excluding carboxylic acids is 1. The fourth-order valence-corrected chi connectivity index (χ4v) is 9.89. The third kappa shape index (κ3) is 7.61. The average Bonchev–Trinajstić information content (AvgIpc) is 3.93. The van der Waals surface area contributed by atoms with Crippen LogP contribution in [-0.2, 0) is 28.9 Å². The lowest BCUT2D eigenvalue weighted by molar-refractivity contribution is -0.114. The van der Waals surface area contributed by atoms with Crippen LogP contribution < -0.4 is 15.7 Å². The maximum absolute atomic E-state index is 13.4. The van der Waals surface area contributed by atoms with Gasteiger partial charge in [-0.15, -0.1) is 0 Å². The minimum absolute atomic E-state index is 0.0990. The predicted molar refractivity (Wildman–Crippen MR) is 210 cm³/mol. The molecule has 1 N–H and O–H groups in total. The fourth-order valence-electron chi connectivity index (χ4n) is 7.90. The molecule has 0 saturated carbocycles. The lowest BCUT2D eigenvalue weighted by Gasteiger charge is -2.37. The molecule has 0 radical (unpaired) electrons. The Hall–Kier alpha value is -4.74. The predicted octanol–water partition coefficient (Wildman–Crippen LogP) is 7.66. The third-order valence-corrected chi connectivity index (χ3v) is 12.4. The Morgan fingerprint density at radius 1 is 0.927 bits per heavy atom. The van der Waals surface area contributed by atoms with Gasteiger partial charge in [-0.05, 0) is 60.2 Å². The van der Waals surface area contributed by atoms with Gasteiger partial charge >= 0.3 is 5.69 Å². The third-order valence-electron chi connectivity index (χ3n) is 10.6. The van der Waals surface area contributed by atoms with Gasteiger partial charge < -0.3 is 28.6 Å². The summed E-state index contributed by atoms with van der Waals surface area (Å²) >= 11 is 0. The second-order valence-corrected chi connectivity index (χ2v) is 15.6. The molecule has 12 heteroatoms. The molecule has 3 aliphatic rings. The number of anilines is 1. The van der Waals surface area contributed by atoms with Gasteiger partial charge in [0.1, 0.15) is 35.6 Å². The number of aryl methyl sites for hydroxylation is 1. The van der Waals surface area contributed by atoms with Crippen molar-refractivity contribution in [3.8, 4) is 5.75 Å². The van der Waals surface area contributed by atoms with Crippen LogP contribution >= 0.6 is 8.53 Å². The maximum atomic E-state index is 13.4. The quantitative estimate of drug-likeness (QED) is 0.101. The molecule has 7 atom stereocenters. The van der Waals surface area contributed by atoms with E-state index in [0.717, 1.165) is 53.0 Å². The lowest BCUT2D eigenvalue weighted by atomic mass is 9.79. The van der Waals surface area contributed by atoms with Crippen LogP contribution in [0, 0.1) is 6.92 Å². The molecular formula is C43H45N4O7P. The largest absolute Gasteiger partial charge is 0.497 e. The van der Waals surface area contributed by atoms with Crippen molar-refractivity contribution in [3.05, 3.63) is 160 Å². The summed E-state index contributed by atoms with van der Waals surface area (Å²) in [5.74, 6) is 0.605. The summed E-state index contributed by atoms with van der Waals surface area (Å²) in [5.41, 5.74) is 3.49. The molecule has 5 unspecified atom stereocenters. The lowest BCUT2D eigenvalue weighted by Crippen LogP contribution is -2.38. The number of hydrogen-bond acceptors (Lipinski definition) is 9. The van der Waals surface area contributed by atoms with Crippen molar-refractivity contribution < 1.29 is 28.1 Å². The smallest absolute Gasteiger partial charge is 0.351 e. The Kier molecular flexibility index (Phi) is 10.9. The highest BCUT2D eigenvalue weighted by molar-refractivity contribution is 7.45. The Balaban J connectivity index is 1.15. The van der Waals surface area contributed by atoms with E-state index in [9.17, 15) is 9.59 Å². The summed E-state index contributed by atoms with van der Waals surface area (Å²) in [6, 6.07) is 38.7. The zero-order valence-corrected chi connectivity index (χ0v) is 32.0. The molecule has 3 aliphatic heterocycles. The van der Waals surface area contributed by atoms with Crippen LogP contribution in [0.1, 0.15) is 66.3 Å². The van der Waals surface area contributed by atoms with Gasteiger partial charge in [-0.25, -0.2) is 9.46 Å². The van der Waals surface area contributed by atoms with Crippen LogP contribution in [0.3, 0.4) is 0 Å². The zero-order valence-electron chi connectivity index (χ0n) is 31.1. The van der Waals surface area contributed by atoms with Crippen molar-refractivity contribution in [3.63, 3.8) is 0 Å². The molecule has 1 amide bonds. The highest BCUT2D eigenvalue weighted by Gasteiger charge is 2.51. The Bertz CT molecular complexity index is 2140. The van der Waals surface area contributed by atoms with Crippen LogP contribution in [0.4, 0.5) is 5.82 Å². The first kappa shape index (κ1) is 37.2. The van der Waals surface area contributed by atoms with E-state index in [1.54, 1.807) is 19.4 Å². The number of nitrogens with one attached hydrogen (secondary N) is 1. The van der Waals surface area contributed by atoms with Gasteiger partial charge in [0.05, 0.1) is 19.8 Å². The number of hydrogen-bond donors (Lipinski definition) is 1. The molecular weight excluding hydrogens is 715 g/mol. The molecule has 0 bridgehead atoms. The van der Waals surface area contributed by atoms with Crippen LogP contribution in [0.2, 0.25) is 0 Å². The first-order valence-electron chi connectivity index (χ1n) is 18.7. The zero-order chi connectivity index (χ0) is 37.9. The van der Waals surface area contributed by atoms with Gasteiger partial charge in [0.15, 0.2) is 0 Å². The van der Waals surface area contributed by atoms with Gasteiger partial charge in [0, 0.05) is 32.1 Å². The van der Waals surface area contributed by atoms with Crippen molar-refractivity contribution in [1.29, 1.82) is 0 Å². The van der Waals surface area contributed by atoms with Crippen molar-refractivity contribution in [2.24, 2.45) is 0 Å². The first-order valence-corrected chi connectivity index (χ1v) is 19.8. The molecule has 4 aromatic carbocycles. The maximum Gasteiger partial charge on any atom is 0.351 e. The molecule has 11 nitrogen and oxygen atoms in total. The topological polar surface area (TPSA) is 113 Å². The second kappa shape index (κ2) is 16.2. The number of rotatable bonds is 12. The number of ether oxygens (including phenoxy) is 3. The summed E-state index contributed by atoms with van der Waals surface area (Å²) in [6.07, 6.45) is 2.16. The summed E-state index contributed by atoms with van der Waals surface area (Å²) in [4.78, 5) is 29.2. The summed E-state index contributed by atoms with van der Waals surface area (Å²) in [6.45, 7) is 4.44. The van der Waals surface area contributed by atoms with Crippen LogP contribution in [0.15, 0.2) is 126 Å². The average molecular weight is 761 g/mol. The number of methoxy groups -OCH3 is 1. The minimum Gasteiger partial charge on any atom is -0.497 e. The van der Waals surface area contributed by atoms with E-state index in [4.69, 9.17) is 23.3 Å². The summed E-state index contributed by atoms with van der Waals surface area (Å²) < 4.78 is 37.2. The number of nitrogens with zero attached hydrogens (tertiary/aromatic N) is 3. The monoisotopic (exact) mass is 760 g/mol. The molecule has 1 aromatic heterocycles. The molecule has 5 aromatic rings. The van der Waals surface area contributed by atoms with Gasteiger partial charge in [0.2, 0.25) is 5.91 Å². The molecule has 8 rings (SSSR count). The van der Waals surface area contributed by atoms with Gasteiger partial charge in [-0.2, -0.15) is 4.98 Å². The van der Waals surface area contributed by atoms with Crippen LogP contribution in [0.25, 0.3) is 0 Å². The van der Waals surface area contributed by atoms with Crippen LogP contribution in [-0.4, -0.2) is 58.6 Å². The van der Waals surface area contributed by atoms with Gasteiger partial charge in [0.25, 0.3) is 8.53 Å². The SMILES string of the molecule is COc1ccc(C(OCC2OC(n3ccc(NC(C)=O)nc3=O)CC2OP2O[C@H](c3ccccc3)[C@@H]3CCCN32)(c2ccccc2)c2ccc(C)cc2)cc1.